The van der Waals surface area contributed by atoms with E-state index in [-0.39, 0.29) is 11.5 Å². The first-order valence-electron chi connectivity index (χ1n) is 13.7. The Bertz CT molecular complexity index is 779. The van der Waals surface area contributed by atoms with Gasteiger partial charge in [0.1, 0.15) is 0 Å². The lowest BCUT2D eigenvalue weighted by Crippen LogP contribution is -2.67. The van der Waals surface area contributed by atoms with E-state index in [1.54, 1.807) is 5.57 Å². The molecule has 10 atom stereocenters. The smallest absolute Gasteiger partial charge is 0.0594 e. The van der Waals surface area contributed by atoms with Crippen LogP contribution >= 0.6 is 0 Å². The Morgan fingerprint density at radius 1 is 0.806 bits per heavy atom. The van der Waals surface area contributed by atoms with Crippen LogP contribution in [0.1, 0.15) is 113 Å². The Balaban J connectivity index is 1.55. The minimum absolute atomic E-state index is 0.0665. The number of hydrogen-bond acceptors (Lipinski definition) is 1. The lowest BCUT2D eigenvalue weighted by Gasteiger charge is -2.73. The summed E-state index contributed by atoms with van der Waals surface area (Å²) in [5.74, 6) is 4.00. The van der Waals surface area contributed by atoms with Crippen LogP contribution in [0.3, 0.4) is 0 Å². The van der Waals surface area contributed by atoms with E-state index in [1.807, 2.05) is 0 Å². The maximum Gasteiger partial charge on any atom is 0.0594 e. The molecule has 5 aliphatic carbocycles. The first-order chi connectivity index (χ1) is 14.3. The van der Waals surface area contributed by atoms with Gasteiger partial charge in [-0.1, -0.05) is 60.1 Å². The van der Waals surface area contributed by atoms with Crippen LogP contribution in [0.4, 0.5) is 0 Å². The number of fused-ring (bicyclic) bond motifs is 7. The summed E-state index contributed by atoms with van der Waals surface area (Å²) >= 11 is 0. The van der Waals surface area contributed by atoms with E-state index in [1.165, 1.54) is 51.4 Å². The fraction of sp³-hybridized carbons (Fsp3) is 0.933. The minimum Gasteiger partial charge on any atom is -0.393 e. The van der Waals surface area contributed by atoms with Crippen LogP contribution in [0, 0.1) is 56.7 Å². The van der Waals surface area contributed by atoms with Gasteiger partial charge in [0.15, 0.2) is 0 Å². The summed E-state index contributed by atoms with van der Waals surface area (Å²) in [6, 6.07) is 0. The summed E-state index contributed by atoms with van der Waals surface area (Å²) in [6.07, 6.45) is 14.5. The van der Waals surface area contributed by atoms with Crippen molar-refractivity contribution < 1.29 is 5.11 Å². The monoisotopic (exact) mass is 426 g/mol. The van der Waals surface area contributed by atoms with Crippen LogP contribution in [0.15, 0.2) is 11.6 Å². The highest BCUT2D eigenvalue weighted by atomic mass is 16.3. The first kappa shape index (κ1) is 22.5. The Kier molecular flexibility index (Phi) is 4.82. The second-order valence-electron chi connectivity index (χ2n) is 14.7. The van der Waals surface area contributed by atoms with E-state index in [2.05, 4.69) is 61.5 Å². The van der Waals surface area contributed by atoms with Crippen molar-refractivity contribution in [3.05, 3.63) is 11.6 Å². The van der Waals surface area contributed by atoms with Crippen LogP contribution in [0.25, 0.3) is 0 Å². The summed E-state index contributed by atoms with van der Waals surface area (Å²) < 4.78 is 0. The normalized spacial score (nSPS) is 58.3. The second-order valence-corrected chi connectivity index (χ2v) is 14.7. The van der Waals surface area contributed by atoms with E-state index in [4.69, 9.17) is 0 Å². The summed E-state index contributed by atoms with van der Waals surface area (Å²) in [4.78, 5) is 0. The van der Waals surface area contributed by atoms with Crippen molar-refractivity contribution in [1.82, 2.24) is 0 Å². The largest absolute Gasteiger partial charge is 0.393 e. The van der Waals surface area contributed by atoms with Gasteiger partial charge < -0.3 is 5.11 Å². The molecule has 1 heteroatoms. The maximum absolute atomic E-state index is 10.9. The van der Waals surface area contributed by atoms with Gasteiger partial charge in [-0.05, 0) is 121 Å². The fourth-order valence-electron chi connectivity index (χ4n) is 11.3. The Hall–Kier alpha value is -0.300. The molecule has 4 unspecified atom stereocenters. The van der Waals surface area contributed by atoms with Crippen LogP contribution in [-0.4, -0.2) is 11.2 Å². The molecule has 0 aliphatic heterocycles. The minimum atomic E-state index is -0.116. The summed E-state index contributed by atoms with van der Waals surface area (Å²) in [5, 5.41) is 10.9. The first-order valence-corrected chi connectivity index (χ1v) is 13.7. The third-order valence-corrected chi connectivity index (χ3v) is 13.5. The number of allylic oxidation sites excluding steroid dienone is 2. The molecule has 4 saturated carbocycles. The van der Waals surface area contributed by atoms with Gasteiger partial charge in [-0.15, -0.1) is 0 Å². The lowest BCUT2D eigenvalue weighted by molar-refractivity contribution is -0.250. The lowest BCUT2D eigenvalue weighted by atomic mass is 9.31. The van der Waals surface area contributed by atoms with E-state index in [0.29, 0.717) is 27.6 Å². The van der Waals surface area contributed by atoms with Gasteiger partial charge in [0.25, 0.3) is 0 Å². The van der Waals surface area contributed by atoms with Crippen molar-refractivity contribution in [3.8, 4) is 0 Å². The number of hydrogen-bond donors (Lipinski definition) is 1. The highest BCUT2D eigenvalue weighted by Crippen LogP contribution is 2.76. The Morgan fingerprint density at radius 3 is 2.23 bits per heavy atom. The van der Waals surface area contributed by atoms with Crippen molar-refractivity contribution >= 4 is 0 Å². The summed E-state index contributed by atoms with van der Waals surface area (Å²) in [6.45, 7) is 20.5. The van der Waals surface area contributed by atoms with Gasteiger partial charge >= 0.3 is 0 Å². The van der Waals surface area contributed by atoms with Crippen molar-refractivity contribution in [2.24, 2.45) is 56.7 Å². The highest BCUT2D eigenvalue weighted by Gasteiger charge is 2.69. The van der Waals surface area contributed by atoms with Crippen LogP contribution in [-0.2, 0) is 0 Å². The second kappa shape index (κ2) is 6.64. The molecule has 0 aromatic rings. The SMILES string of the molecule is CC1=CC[C@]2(C)CC[C@]3(C)[C@H](CCC4[C@@]5(C)CC[C@H](O)C(C)(C)C5CC[C@]43C)C2C1C. The van der Waals surface area contributed by atoms with Gasteiger partial charge in [0.05, 0.1) is 6.10 Å². The Labute approximate surface area is 192 Å². The molecular formula is C30H50O. The molecule has 0 spiro atoms. The van der Waals surface area contributed by atoms with Gasteiger partial charge in [-0.2, -0.15) is 0 Å². The van der Waals surface area contributed by atoms with Crippen molar-refractivity contribution in [3.63, 3.8) is 0 Å². The number of aliphatic hydroxyl groups is 1. The van der Waals surface area contributed by atoms with Crippen molar-refractivity contribution in [2.45, 2.75) is 119 Å². The number of rotatable bonds is 0. The molecule has 0 radical (unpaired) electrons. The number of aliphatic hydroxyl groups excluding tert-OH is 1. The van der Waals surface area contributed by atoms with E-state index in [9.17, 15) is 5.11 Å². The zero-order chi connectivity index (χ0) is 22.6. The van der Waals surface area contributed by atoms with Crippen molar-refractivity contribution in [1.29, 1.82) is 0 Å². The molecule has 5 rings (SSSR count). The summed E-state index contributed by atoms with van der Waals surface area (Å²) in [7, 11) is 0. The molecule has 5 aliphatic rings. The van der Waals surface area contributed by atoms with Gasteiger partial charge in [-0.25, -0.2) is 0 Å². The topological polar surface area (TPSA) is 20.2 Å². The molecule has 0 heterocycles. The molecular weight excluding hydrogens is 376 g/mol. The molecule has 0 saturated heterocycles. The Morgan fingerprint density at radius 2 is 1.52 bits per heavy atom. The molecule has 1 N–H and O–H groups in total. The predicted molar refractivity (Wildman–Crippen MR) is 131 cm³/mol. The molecule has 0 bridgehead atoms. The molecule has 176 valence electrons. The van der Waals surface area contributed by atoms with Gasteiger partial charge in [0, 0.05) is 0 Å². The van der Waals surface area contributed by atoms with E-state index in [0.717, 1.165) is 30.1 Å². The molecule has 0 amide bonds. The quantitative estimate of drug-likeness (QED) is 0.389. The molecule has 0 aromatic heterocycles. The van der Waals surface area contributed by atoms with Crippen LogP contribution < -0.4 is 0 Å². The van der Waals surface area contributed by atoms with Gasteiger partial charge in [-0.3, -0.25) is 0 Å². The third kappa shape index (κ3) is 2.65. The summed E-state index contributed by atoms with van der Waals surface area (Å²) in [5.41, 5.74) is 3.58. The molecule has 4 fully saturated rings. The average Bonchev–Trinajstić information content (AvgIpc) is 2.69. The molecule has 0 aromatic carbocycles. The standard InChI is InChI=1S/C30H50O/c1-19-11-14-27(5)17-18-29(7)21(25(27)20(19)2)9-10-23-28(6)15-13-24(31)26(3,4)22(28)12-16-30(23,29)8/h11,20-25,31H,9-10,12-18H2,1-8H3/t20?,21-,22?,23?,24+,25?,27-,28+,29-,30-/m1/s1. The predicted octanol–water partition coefficient (Wildman–Crippen LogP) is 8.02. The van der Waals surface area contributed by atoms with E-state index >= 15 is 0 Å². The maximum atomic E-state index is 10.9. The van der Waals surface area contributed by atoms with Gasteiger partial charge in [0.2, 0.25) is 0 Å². The molecule has 1 nitrogen and oxygen atoms in total. The third-order valence-electron chi connectivity index (χ3n) is 13.5. The van der Waals surface area contributed by atoms with Crippen molar-refractivity contribution in [2.75, 3.05) is 0 Å². The van der Waals surface area contributed by atoms with Crippen LogP contribution in [0.2, 0.25) is 0 Å². The fourth-order valence-corrected chi connectivity index (χ4v) is 11.3. The van der Waals surface area contributed by atoms with Crippen LogP contribution in [0.5, 0.6) is 0 Å². The zero-order valence-corrected chi connectivity index (χ0v) is 21.9. The molecule has 31 heavy (non-hydrogen) atoms. The zero-order valence-electron chi connectivity index (χ0n) is 21.9. The van der Waals surface area contributed by atoms with E-state index < -0.39 is 0 Å². The highest BCUT2D eigenvalue weighted by molar-refractivity contribution is 5.22. The average molecular weight is 427 g/mol.